The molecule has 3 heteroatoms. The predicted octanol–water partition coefficient (Wildman–Crippen LogP) is 2.91. The average molecular weight is 254 g/mol. The highest BCUT2D eigenvalue weighted by molar-refractivity contribution is 5.83. The van der Waals surface area contributed by atoms with Gasteiger partial charge in [-0.05, 0) is 44.4 Å². The zero-order valence-electron chi connectivity index (χ0n) is 11.9. The van der Waals surface area contributed by atoms with Crippen molar-refractivity contribution in [2.45, 2.75) is 64.9 Å². The standard InChI is InChI=1S/C15H26O3/c1-4-14(17,5-2)15(13(16)18-6-3)11-9-7-8-10-12(11)15/h11-12,17H,4-10H2,1-3H3/t11-,12+,15?. The van der Waals surface area contributed by atoms with Crippen molar-refractivity contribution in [1.82, 2.24) is 0 Å². The molecule has 104 valence electrons. The lowest BCUT2D eigenvalue weighted by Crippen LogP contribution is -2.46. The van der Waals surface area contributed by atoms with Crippen molar-refractivity contribution >= 4 is 5.97 Å². The van der Waals surface area contributed by atoms with E-state index in [-0.39, 0.29) is 5.97 Å². The first-order valence-corrected chi connectivity index (χ1v) is 7.48. The molecule has 0 amide bonds. The van der Waals surface area contributed by atoms with Gasteiger partial charge in [0, 0.05) is 0 Å². The van der Waals surface area contributed by atoms with E-state index >= 15 is 0 Å². The van der Waals surface area contributed by atoms with Crippen molar-refractivity contribution in [3.05, 3.63) is 0 Å². The van der Waals surface area contributed by atoms with E-state index < -0.39 is 11.0 Å². The van der Waals surface area contributed by atoms with Crippen LogP contribution in [0.25, 0.3) is 0 Å². The molecular formula is C15H26O3. The van der Waals surface area contributed by atoms with Crippen molar-refractivity contribution < 1.29 is 14.6 Å². The van der Waals surface area contributed by atoms with Crippen molar-refractivity contribution in [3.8, 4) is 0 Å². The summed E-state index contributed by atoms with van der Waals surface area (Å²) >= 11 is 0. The number of aliphatic hydroxyl groups is 1. The van der Waals surface area contributed by atoms with E-state index in [1.807, 2.05) is 20.8 Å². The van der Waals surface area contributed by atoms with Crippen LogP contribution in [-0.2, 0) is 9.53 Å². The summed E-state index contributed by atoms with van der Waals surface area (Å²) in [6.07, 6.45) is 5.79. The normalized spacial score (nSPS) is 34.9. The zero-order valence-corrected chi connectivity index (χ0v) is 11.9. The zero-order chi connectivity index (χ0) is 13.4. The molecule has 2 saturated carbocycles. The molecule has 2 rings (SSSR count). The van der Waals surface area contributed by atoms with Gasteiger partial charge >= 0.3 is 5.97 Å². The molecule has 3 atom stereocenters. The smallest absolute Gasteiger partial charge is 0.315 e. The molecule has 1 N–H and O–H groups in total. The molecule has 0 aliphatic heterocycles. The number of fused-ring (bicyclic) bond motifs is 1. The molecule has 1 unspecified atom stereocenters. The third-order valence-corrected chi connectivity index (χ3v) is 5.38. The highest BCUT2D eigenvalue weighted by Gasteiger charge is 2.77. The van der Waals surface area contributed by atoms with Crippen LogP contribution in [0, 0.1) is 17.3 Å². The minimum Gasteiger partial charge on any atom is -0.465 e. The fraction of sp³-hybridized carbons (Fsp3) is 0.933. The number of hydrogen-bond acceptors (Lipinski definition) is 3. The van der Waals surface area contributed by atoms with E-state index in [4.69, 9.17) is 4.74 Å². The Morgan fingerprint density at radius 2 is 1.72 bits per heavy atom. The van der Waals surface area contributed by atoms with Gasteiger partial charge < -0.3 is 9.84 Å². The van der Waals surface area contributed by atoms with Gasteiger partial charge in [-0.25, -0.2) is 0 Å². The Bertz CT molecular complexity index is 308. The maximum atomic E-state index is 12.5. The van der Waals surface area contributed by atoms with Gasteiger partial charge in [0.05, 0.1) is 12.2 Å². The van der Waals surface area contributed by atoms with Crippen LogP contribution < -0.4 is 0 Å². The Morgan fingerprint density at radius 3 is 2.11 bits per heavy atom. The second kappa shape index (κ2) is 4.84. The topological polar surface area (TPSA) is 46.5 Å². The fourth-order valence-electron chi connectivity index (χ4n) is 4.39. The van der Waals surface area contributed by atoms with Crippen LogP contribution in [0.2, 0.25) is 0 Å². The first-order chi connectivity index (χ1) is 8.58. The van der Waals surface area contributed by atoms with Crippen LogP contribution in [-0.4, -0.2) is 23.3 Å². The van der Waals surface area contributed by atoms with E-state index in [1.165, 1.54) is 12.8 Å². The molecule has 0 radical (unpaired) electrons. The Morgan fingerprint density at radius 1 is 1.22 bits per heavy atom. The van der Waals surface area contributed by atoms with Crippen LogP contribution in [0.5, 0.6) is 0 Å². The number of ether oxygens (including phenoxy) is 1. The molecule has 0 bridgehead atoms. The van der Waals surface area contributed by atoms with E-state index in [0.29, 0.717) is 31.3 Å². The fourth-order valence-corrected chi connectivity index (χ4v) is 4.39. The monoisotopic (exact) mass is 254 g/mol. The number of rotatable bonds is 5. The van der Waals surface area contributed by atoms with E-state index in [2.05, 4.69) is 0 Å². The summed E-state index contributed by atoms with van der Waals surface area (Å²) in [4.78, 5) is 12.5. The van der Waals surface area contributed by atoms with Gasteiger partial charge in [0.15, 0.2) is 0 Å². The molecule has 0 aromatic heterocycles. The highest BCUT2D eigenvalue weighted by Crippen LogP contribution is 2.71. The maximum Gasteiger partial charge on any atom is 0.315 e. The summed E-state index contributed by atoms with van der Waals surface area (Å²) in [5.74, 6) is 0.568. The van der Waals surface area contributed by atoms with Crippen molar-refractivity contribution in [2.24, 2.45) is 17.3 Å². The molecule has 0 saturated heterocycles. The summed E-state index contributed by atoms with van der Waals surface area (Å²) in [5.41, 5.74) is -1.47. The third-order valence-electron chi connectivity index (χ3n) is 5.38. The summed E-state index contributed by atoms with van der Waals surface area (Å²) < 4.78 is 5.31. The molecule has 0 spiro atoms. The lowest BCUT2D eigenvalue weighted by Gasteiger charge is -2.35. The first-order valence-electron chi connectivity index (χ1n) is 7.48. The molecular weight excluding hydrogens is 228 g/mol. The Balaban J connectivity index is 2.33. The van der Waals surface area contributed by atoms with Gasteiger partial charge in [0.25, 0.3) is 0 Å². The Hall–Kier alpha value is -0.570. The molecule has 0 aromatic carbocycles. The minimum atomic E-state index is -0.876. The van der Waals surface area contributed by atoms with Crippen LogP contribution in [0.4, 0.5) is 0 Å². The van der Waals surface area contributed by atoms with E-state index in [1.54, 1.807) is 0 Å². The van der Waals surface area contributed by atoms with Crippen molar-refractivity contribution in [2.75, 3.05) is 6.61 Å². The minimum absolute atomic E-state index is 0.145. The van der Waals surface area contributed by atoms with Crippen LogP contribution in [0.15, 0.2) is 0 Å². The van der Waals surface area contributed by atoms with Gasteiger partial charge in [-0.3, -0.25) is 4.79 Å². The molecule has 0 heterocycles. The first kappa shape index (κ1) is 13.9. The summed E-state index contributed by atoms with van der Waals surface area (Å²) in [7, 11) is 0. The van der Waals surface area contributed by atoms with E-state index in [9.17, 15) is 9.90 Å². The Labute approximate surface area is 110 Å². The van der Waals surface area contributed by atoms with Gasteiger partial charge in [-0.15, -0.1) is 0 Å². The van der Waals surface area contributed by atoms with Gasteiger partial charge in [0.2, 0.25) is 0 Å². The lowest BCUT2D eigenvalue weighted by atomic mass is 9.76. The van der Waals surface area contributed by atoms with Crippen LogP contribution >= 0.6 is 0 Å². The molecule has 3 nitrogen and oxygen atoms in total. The van der Waals surface area contributed by atoms with Gasteiger partial charge in [0.1, 0.15) is 5.41 Å². The lowest BCUT2D eigenvalue weighted by molar-refractivity contribution is -0.166. The third kappa shape index (κ3) is 1.63. The summed E-state index contributed by atoms with van der Waals surface area (Å²) in [5, 5.41) is 10.9. The SMILES string of the molecule is CCOC(=O)C1(C(O)(CC)CC)[C@@H]2CCCC[C@@H]21. The van der Waals surface area contributed by atoms with Gasteiger partial charge in [-0.1, -0.05) is 26.7 Å². The van der Waals surface area contributed by atoms with Crippen molar-refractivity contribution in [3.63, 3.8) is 0 Å². The average Bonchev–Trinajstić information content (AvgIpc) is 3.09. The predicted molar refractivity (Wildman–Crippen MR) is 70.0 cm³/mol. The highest BCUT2D eigenvalue weighted by atomic mass is 16.5. The second-order valence-corrected chi connectivity index (χ2v) is 5.83. The van der Waals surface area contributed by atoms with Gasteiger partial charge in [-0.2, -0.15) is 0 Å². The number of carbonyl (C=O) groups is 1. The molecule has 2 aliphatic rings. The van der Waals surface area contributed by atoms with Crippen LogP contribution in [0.3, 0.4) is 0 Å². The summed E-state index contributed by atoms with van der Waals surface area (Å²) in [6.45, 7) is 6.21. The molecule has 18 heavy (non-hydrogen) atoms. The molecule has 0 aromatic rings. The molecule has 2 fully saturated rings. The van der Waals surface area contributed by atoms with Crippen LogP contribution in [0.1, 0.15) is 59.3 Å². The van der Waals surface area contributed by atoms with E-state index in [0.717, 1.165) is 12.8 Å². The number of esters is 1. The number of hydrogen-bond donors (Lipinski definition) is 1. The second-order valence-electron chi connectivity index (χ2n) is 5.83. The summed E-state index contributed by atoms with van der Waals surface area (Å²) in [6, 6.07) is 0. The number of carbonyl (C=O) groups excluding carboxylic acids is 1. The largest absolute Gasteiger partial charge is 0.465 e. The van der Waals surface area contributed by atoms with Crippen molar-refractivity contribution in [1.29, 1.82) is 0 Å². The molecule has 2 aliphatic carbocycles. The quantitative estimate of drug-likeness (QED) is 0.767. The maximum absolute atomic E-state index is 12.5. The Kier molecular flexibility index (Phi) is 3.72.